The summed E-state index contributed by atoms with van der Waals surface area (Å²) in [5.41, 5.74) is 2.16. The molecule has 2 aromatic rings. The number of hydrogen-bond acceptors (Lipinski definition) is 6. The van der Waals surface area contributed by atoms with Crippen molar-refractivity contribution in [1.82, 2.24) is 9.62 Å². The number of nitrogens with zero attached hydrogens (tertiary/aromatic N) is 2. The van der Waals surface area contributed by atoms with Crippen LogP contribution in [-0.4, -0.2) is 58.3 Å². The third-order valence-corrected chi connectivity index (χ3v) is 5.97. The minimum atomic E-state index is -0.987. The van der Waals surface area contributed by atoms with E-state index in [0.29, 0.717) is 12.5 Å². The molecular weight excluding hydrogens is 486 g/mol. The van der Waals surface area contributed by atoms with Crippen molar-refractivity contribution in [1.29, 1.82) is 0 Å². The first-order chi connectivity index (χ1) is 17.8. The molecule has 4 N–H and O–H groups in total. The van der Waals surface area contributed by atoms with Crippen molar-refractivity contribution in [3.05, 3.63) is 65.7 Å². The van der Waals surface area contributed by atoms with Gasteiger partial charge >= 0.3 is 6.09 Å². The quantitative estimate of drug-likeness (QED) is 0.0904. The van der Waals surface area contributed by atoms with Crippen molar-refractivity contribution >= 4 is 24.3 Å². The Bertz CT molecular complexity index is 823. The number of aliphatic hydroxyl groups is 1. The monoisotopic (exact) mass is 533 g/mol. The zero-order chi connectivity index (χ0) is 27.7. The molecule has 0 radical (unpaired) electrons. The summed E-state index contributed by atoms with van der Waals surface area (Å²) in [5.74, 6) is 0.516. The molecule has 208 valence electrons. The van der Waals surface area contributed by atoms with Gasteiger partial charge in [-0.15, -0.1) is 0 Å². The number of benzene rings is 2. The van der Waals surface area contributed by atoms with Crippen molar-refractivity contribution in [3.8, 4) is 0 Å². The Hall–Kier alpha value is -2.55. The average molecular weight is 534 g/mol. The van der Waals surface area contributed by atoms with Crippen LogP contribution in [0.15, 0.2) is 64.6 Å². The van der Waals surface area contributed by atoms with E-state index in [-0.39, 0.29) is 6.61 Å². The maximum atomic E-state index is 10.4. The first-order valence-electron chi connectivity index (χ1n) is 13.1. The lowest BCUT2D eigenvalue weighted by Gasteiger charge is -2.23. The van der Waals surface area contributed by atoms with E-state index in [1.807, 2.05) is 42.5 Å². The maximum absolute atomic E-state index is 10.4. The molecule has 1 amide bonds. The smallest absolute Gasteiger partial charge is 0.404 e. The van der Waals surface area contributed by atoms with E-state index in [1.54, 1.807) is 18.9 Å². The van der Waals surface area contributed by atoms with Crippen molar-refractivity contribution in [2.24, 2.45) is 11.1 Å². The zero-order valence-corrected chi connectivity index (χ0v) is 23.8. The van der Waals surface area contributed by atoms with Gasteiger partial charge in [-0.2, -0.15) is 0 Å². The van der Waals surface area contributed by atoms with Crippen LogP contribution in [0.3, 0.4) is 0 Å². The highest BCUT2D eigenvalue weighted by atomic mass is 32.2. The van der Waals surface area contributed by atoms with E-state index >= 15 is 0 Å². The van der Waals surface area contributed by atoms with Crippen molar-refractivity contribution in [2.45, 2.75) is 71.1 Å². The van der Waals surface area contributed by atoms with E-state index in [0.717, 1.165) is 30.0 Å². The van der Waals surface area contributed by atoms with Gasteiger partial charge in [-0.1, -0.05) is 99.1 Å². The topological polar surface area (TPSA) is 105 Å². The number of rotatable bonds is 9. The van der Waals surface area contributed by atoms with Gasteiger partial charge in [0.15, 0.2) is 0 Å². The predicted molar refractivity (Wildman–Crippen MR) is 156 cm³/mol. The molecule has 1 saturated carbocycles. The van der Waals surface area contributed by atoms with Crippen LogP contribution in [0, 0.1) is 12.8 Å². The number of carbonyl (C=O) groups is 1. The average Bonchev–Trinajstić information content (AvgIpc) is 3.44. The Kier molecular flexibility index (Phi) is 22.2. The number of hydrogen-bond donors (Lipinski definition) is 4. The molecule has 3 rings (SSSR count). The molecule has 37 heavy (non-hydrogen) atoms. The molecule has 0 unspecified atom stereocenters. The van der Waals surface area contributed by atoms with Gasteiger partial charge in [-0.3, -0.25) is 0 Å². The third-order valence-electron chi connectivity index (χ3n) is 4.92. The second kappa shape index (κ2) is 23.8. The minimum Gasteiger partial charge on any atom is -0.465 e. The Morgan fingerprint density at radius 3 is 2.14 bits per heavy atom. The Balaban J connectivity index is 0.000000689. The molecule has 0 heterocycles. The van der Waals surface area contributed by atoms with Crippen LogP contribution < -0.4 is 5.32 Å². The van der Waals surface area contributed by atoms with Gasteiger partial charge in [0, 0.05) is 31.1 Å². The molecule has 1 aliphatic rings. The van der Waals surface area contributed by atoms with Gasteiger partial charge in [-0.05, 0) is 55.8 Å². The second-order valence-corrected chi connectivity index (χ2v) is 10.2. The number of amides is 1. The zero-order valence-electron chi connectivity index (χ0n) is 23.0. The van der Waals surface area contributed by atoms with Gasteiger partial charge in [0.25, 0.3) is 0 Å². The van der Waals surface area contributed by atoms with Gasteiger partial charge in [0.1, 0.15) is 0 Å². The molecule has 2 aromatic carbocycles. The first-order valence-corrected chi connectivity index (χ1v) is 13.9. The summed E-state index contributed by atoms with van der Waals surface area (Å²) < 4.78 is 2.23. The van der Waals surface area contributed by atoms with Crippen LogP contribution in [0.2, 0.25) is 0 Å². The molecule has 8 heteroatoms. The maximum Gasteiger partial charge on any atom is 0.404 e. The molecule has 0 spiro atoms. The van der Waals surface area contributed by atoms with Crippen molar-refractivity contribution in [3.63, 3.8) is 0 Å². The molecule has 1 aliphatic carbocycles. The fraction of sp³-hybridized carbons (Fsp3) is 0.517. The Morgan fingerprint density at radius 1 is 1.08 bits per heavy atom. The second-order valence-electron chi connectivity index (χ2n) is 9.01. The van der Waals surface area contributed by atoms with Crippen molar-refractivity contribution < 1.29 is 20.2 Å². The summed E-state index contributed by atoms with van der Waals surface area (Å²) in [6, 6.07) is 18.0. The van der Waals surface area contributed by atoms with Crippen molar-refractivity contribution in [2.75, 3.05) is 26.2 Å². The van der Waals surface area contributed by atoms with E-state index in [9.17, 15) is 4.79 Å². The molecule has 0 saturated heterocycles. The third kappa shape index (κ3) is 22.4. The van der Waals surface area contributed by atoms with Gasteiger partial charge in [0.2, 0.25) is 0 Å². The van der Waals surface area contributed by atoms with E-state index in [4.69, 9.17) is 15.4 Å². The van der Waals surface area contributed by atoms with Gasteiger partial charge in [-0.25, -0.2) is 9.10 Å². The number of aliphatic hydroxyl groups excluding tert-OH is 1. The summed E-state index contributed by atoms with van der Waals surface area (Å²) in [5, 5.41) is 30.2. The summed E-state index contributed by atoms with van der Waals surface area (Å²) >= 11 is 1.63. The summed E-state index contributed by atoms with van der Waals surface area (Å²) in [7, 11) is 0. The summed E-state index contributed by atoms with van der Waals surface area (Å²) in [6.45, 7) is 10.5. The molecule has 0 aliphatic heterocycles. The Morgan fingerprint density at radius 2 is 1.68 bits per heavy atom. The van der Waals surface area contributed by atoms with E-state index < -0.39 is 6.09 Å². The highest BCUT2D eigenvalue weighted by Crippen LogP contribution is 2.24. The number of oxime groups is 1. The number of carboxylic acid groups (broad SMARTS) is 1. The molecule has 7 nitrogen and oxygen atoms in total. The fourth-order valence-electron chi connectivity index (χ4n) is 3.32. The summed E-state index contributed by atoms with van der Waals surface area (Å²) in [6.07, 6.45) is 8.66. The van der Waals surface area contributed by atoms with Crippen LogP contribution >= 0.6 is 11.9 Å². The minimum absolute atomic E-state index is 0.250. The lowest BCUT2D eigenvalue weighted by Crippen LogP contribution is -2.27. The Labute approximate surface area is 228 Å². The number of aryl methyl sites for hydroxylation is 1. The molecule has 0 atom stereocenters. The molecule has 0 aromatic heterocycles. The lowest BCUT2D eigenvalue weighted by atomic mass is 10.2. The van der Waals surface area contributed by atoms with E-state index in [1.165, 1.54) is 43.9 Å². The predicted octanol–water partition coefficient (Wildman–Crippen LogP) is 7.06. The number of nitrogens with one attached hydrogen (secondary N) is 1. The van der Waals surface area contributed by atoms with Crippen LogP contribution in [-0.2, 0) is 0 Å². The van der Waals surface area contributed by atoms with Crippen LogP contribution in [0.1, 0.15) is 70.4 Å². The molecular formula is C29H47N3O4S. The van der Waals surface area contributed by atoms with Crippen LogP contribution in [0.4, 0.5) is 4.79 Å². The first kappa shape index (κ1) is 34.5. The molecule has 0 bridgehead atoms. The fourth-order valence-corrected chi connectivity index (χ4v) is 4.54. The normalized spacial score (nSPS) is 12.2. The SMILES string of the molecule is C1CCCC1.CC(C)CN(CCCNC(=O)O)Sc1cccc(/C=N/O)c1.CCO.Cc1ccccc1. The highest BCUT2D eigenvalue weighted by molar-refractivity contribution is 7.97. The van der Waals surface area contributed by atoms with Gasteiger partial charge < -0.3 is 20.7 Å². The standard InChI is InChI=1S/C15H23N3O3S.C7H8.C5H10.C2H6O/c1-12(2)11-18(8-4-7-16-15(19)20)22-14-6-3-5-13(9-14)10-17-21;1-7-5-3-2-4-6-7;1-2-4-5-3-1;1-2-3/h3,5-6,9-10,12,16,21H,4,7-8,11H2,1-2H3,(H,19,20);2-6H,1H3;1-5H2;3H,2H2,1H3/b17-10+;;;. The molecule has 1 fully saturated rings. The largest absolute Gasteiger partial charge is 0.465 e. The van der Waals surface area contributed by atoms with E-state index in [2.05, 4.69) is 47.7 Å². The summed E-state index contributed by atoms with van der Waals surface area (Å²) in [4.78, 5) is 11.5. The van der Waals surface area contributed by atoms with Crippen LogP contribution in [0.25, 0.3) is 0 Å². The lowest BCUT2D eigenvalue weighted by molar-refractivity contribution is 0.194. The highest BCUT2D eigenvalue weighted by Gasteiger charge is 2.10. The van der Waals surface area contributed by atoms with Gasteiger partial charge in [0.05, 0.1) is 6.21 Å². The van der Waals surface area contributed by atoms with Crippen LogP contribution in [0.5, 0.6) is 0 Å².